The van der Waals surface area contributed by atoms with E-state index in [1.807, 2.05) is 54.8 Å². The third-order valence-corrected chi connectivity index (χ3v) is 2.97. The molecule has 6 nitrogen and oxygen atoms in total. The van der Waals surface area contributed by atoms with Gasteiger partial charge >= 0.3 is 0 Å². The normalized spacial score (nSPS) is 10.9. The van der Waals surface area contributed by atoms with Crippen molar-refractivity contribution in [3.05, 3.63) is 36.5 Å². The molecule has 0 radical (unpaired) electrons. The van der Waals surface area contributed by atoms with Gasteiger partial charge in [-0.15, -0.1) is 10.2 Å². The molecule has 0 aliphatic rings. The van der Waals surface area contributed by atoms with E-state index in [4.69, 9.17) is 0 Å². The summed E-state index contributed by atoms with van der Waals surface area (Å²) in [5.74, 6) is 2.36. The van der Waals surface area contributed by atoms with Crippen LogP contribution in [0.1, 0.15) is 5.82 Å². The summed E-state index contributed by atoms with van der Waals surface area (Å²) in [6.07, 6.45) is 5.61. The molecule has 0 amide bonds. The van der Waals surface area contributed by atoms with Crippen molar-refractivity contribution in [3.8, 4) is 11.1 Å². The number of anilines is 1. The molecule has 0 saturated heterocycles. The standard InChI is InChI=1S/C13H14N6/c1-9-16-17-13-15-7-11(8-19(9)13)10-4-5-12(14-6-10)18(2)3/h4-8H,1-3H3. The Bertz CT molecular complexity index is 714. The minimum atomic E-state index is 0.610. The van der Waals surface area contributed by atoms with Crippen molar-refractivity contribution in [2.24, 2.45) is 0 Å². The fraction of sp³-hybridized carbons (Fsp3) is 0.231. The van der Waals surface area contributed by atoms with E-state index in [2.05, 4.69) is 20.2 Å². The topological polar surface area (TPSA) is 59.2 Å². The minimum Gasteiger partial charge on any atom is -0.363 e. The molecule has 0 atom stereocenters. The first-order valence-electron chi connectivity index (χ1n) is 5.96. The zero-order valence-corrected chi connectivity index (χ0v) is 11.1. The van der Waals surface area contributed by atoms with Crippen molar-refractivity contribution in [3.63, 3.8) is 0 Å². The molecule has 0 spiro atoms. The van der Waals surface area contributed by atoms with Gasteiger partial charge in [-0.05, 0) is 19.1 Å². The van der Waals surface area contributed by atoms with Crippen LogP contribution in [0.5, 0.6) is 0 Å². The van der Waals surface area contributed by atoms with Gasteiger partial charge in [0.05, 0.1) is 0 Å². The Kier molecular flexibility index (Phi) is 2.63. The lowest BCUT2D eigenvalue weighted by molar-refractivity contribution is 1.00. The van der Waals surface area contributed by atoms with E-state index >= 15 is 0 Å². The molecule has 96 valence electrons. The molecule has 0 saturated carbocycles. The summed E-state index contributed by atoms with van der Waals surface area (Å²) in [5, 5.41) is 7.97. The van der Waals surface area contributed by atoms with Crippen LogP contribution in [0.3, 0.4) is 0 Å². The number of hydrogen-bond donors (Lipinski definition) is 0. The van der Waals surface area contributed by atoms with Crippen LogP contribution >= 0.6 is 0 Å². The molecule has 3 aromatic heterocycles. The predicted octanol–water partition coefficient (Wildman–Crippen LogP) is 1.56. The highest BCUT2D eigenvalue weighted by Gasteiger charge is 2.05. The van der Waals surface area contributed by atoms with E-state index in [0.29, 0.717) is 5.78 Å². The minimum absolute atomic E-state index is 0.610. The summed E-state index contributed by atoms with van der Waals surface area (Å²) in [6.45, 7) is 1.90. The molecule has 19 heavy (non-hydrogen) atoms. The summed E-state index contributed by atoms with van der Waals surface area (Å²) in [4.78, 5) is 10.7. The second kappa shape index (κ2) is 4.31. The fourth-order valence-electron chi connectivity index (χ4n) is 1.87. The Balaban J connectivity index is 2.05. The van der Waals surface area contributed by atoms with Crippen LogP contribution in [0, 0.1) is 6.92 Å². The molecule has 0 N–H and O–H groups in total. The highest BCUT2D eigenvalue weighted by molar-refractivity contribution is 5.63. The summed E-state index contributed by atoms with van der Waals surface area (Å²) in [6, 6.07) is 4.02. The Hall–Kier alpha value is -2.50. The van der Waals surface area contributed by atoms with Gasteiger partial charge in [0.15, 0.2) is 0 Å². The molecular weight excluding hydrogens is 240 g/mol. The van der Waals surface area contributed by atoms with E-state index in [1.165, 1.54) is 0 Å². The number of rotatable bonds is 2. The lowest BCUT2D eigenvalue weighted by Gasteiger charge is -2.11. The number of nitrogens with zero attached hydrogens (tertiary/aromatic N) is 6. The summed E-state index contributed by atoms with van der Waals surface area (Å²) in [5.41, 5.74) is 2.02. The number of aromatic nitrogens is 5. The Labute approximate surface area is 110 Å². The van der Waals surface area contributed by atoms with E-state index in [0.717, 1.165) is 22.8 Å². The monoisotopic (exact) mass is 254 g/mol. The number of pyridine rings is 1. The Morgan fingerprint density at radius 2 is 1.79 bits per heavy atom. The first kappa shape index (κ1) is 11.6. The summed E-state index contributed by atoms with van der Waals surface area (Å²) < 4.78 is 1.87. The lowest BCUT2D eigenvalue weighted by Crippen LogP contribution is -2.10. The maximum absolute atomic E-state index is 4.40. The SMILES string of the molecule is Cc1nnc2ncc(-c3ccc(N(C)C)nc3)cn12. The van der Waals surface area contributed by atoms with Crippen molar-refractivity contribution < 1.29 is 0 Å². The third-order valence-electron chi connectivity index (χ3n) is 2.97. The molecule has 0 aliphatic carbocycles. The maximum atomic E-state index is 4.40. The van der Waals surface area contributed by atoms with Crippen molar-refractivity contribution in [2.45, 2.75) is 6.92 Å². The second-order valence-corrected chi connectivity index (χ2v) is 4.56. The van der Waals surface area contributed by atoms with Gasteiger partial charge in [-0.1, -0.05) is 0 Å². The van der Waals surface area contributed by atoms with Gasteiger partial charge in [0, 0.05) is 43.8 Å². The molecule has 6 heteroatoms. The second-order valence-electron chi connectivity index (χ2n) is 4.56. The molecule has 0 fully saturated rings. The number of hydrogen-bond acceptors (Lipinski definition) is 5. The van der Waals surface area contributed by atoms with Crippen LogP contribution in [0.2, 0.25) is 0 Å². The van der Waals surface area contributed by atoms with Crippen LogP contribution in [-0.2, 0) is 0 Å². The predicted molar refractivity (Wildman–Crippen MR) is 73.1 cm³/mol. The number of fused-ring (bicyclic) bond motifs is 1. The van der Waals surface area contributed by atoms with Gasteiger partial charge in [-0.3, -0.25) is 4.40 Å². The summed E-state index contributed by atoms with van der Waals surface area (Å²) >= 11 is 0. The lowest BCUT2D eigenvalue weighted by atomic mass is 10.1. The third kappa shape index (κ3) is 2.01. The van der Waals surface area contributed by atoms with Crippen LogP contribution in [0.15, 0.2) is 30.7 Å². The zero-order chi connectivity index (χ0) is 13.4. The van der Waals surface area contributed by atoms with Crippen LogP contribution in [-0.4, -0.2) is 38.7 Å². The highest BCUT2D eigenvalue weighted by Crippen LogP contribution is 2.19. The first-order chi connectivity index (χ1) is 9.15. The van der Waals surface area contributed by atoms with Crippen LogP contribution < -0.4 is 4.90 Å². The van der Waals surface area contributed by atoms with Crippen molar-refractivity contribution >= 4 is 11.6 Å². The van der Waals surface area contributed by atoms with Gasteiger partial charge in [0.25, 0.3) is 5.78 Å². The first-order valence-corrected chi connectivity index (χ1v) is 5.96. The average molecular weight is 254 g/mol. The van der Waals surface area contributed by atoms with Crippen molar-refractivity contribution in [1.29, 1.82) is 0 Å². The maximum Gasteiger partial charge on any atom is 0.254 e. The van der Waals surface area contributed by atoms with Gasteiger partial charge in [0.1, 0.15) is 11.6 Å². The van der Waals surface area contributed by atoms with E-state index in [-0.39, 0.29) is 0 Å². The Morgan fingerprint density at radius 3 is 2.47 bits per heavy atom. The van der Waals surface area contributed by atoms with Gasteiger partial charge in [0.2, 0.25) is 0 Å². The average Bonchev–Trinajstić information content (AvgIpc) is 2.80. The van der Waals surface area contributed by atoms with E-state index in [9.17, 15) is 0 Å². The van der Waals surface area contributed by atoms with Crippen LogP contribution in [0.25, 0.3) is 16.9 Å². The van der Waals surface area contributed by atoms with Gasteiger partial charge < -0.3 is 4.90 Å². The van der Waals surface area contributed by atoms with Gasteiger partial charge in [-0.2, -0.15) is 0 Å². The molecule has 3 aromatic rings. The fourth-order valence-corrected chi connectivity index (χ4v) is 1.87. The smallest absolute Gasteiger partial charge is 0.254 e. The molecular formula is C13H14N6. The van der Waals surface area contributed by atoms with E-state index in [1.54, 1.807) is 6.20 Å². The zero-order valence-electron chi connectivity index (χ0n) is 11.1. The molecule has 0 unspecified atom stereocenters. The quantitative estimate of drug-likeness (QED) is 0.694. The van der Waals surface area contributed by atoms with E-state index < -0.39 is 0 Å². The van der Waals surface area contributed by atoms with Crippen molar-refractivity contribution in [1.82, 2.24) is 24.6 Å². The number of aryl methyl sites for hydroxylation is 1. The molecule has 3 rings (SSSR count). The molecule has 0 bridgehead atoms. The van der Waals surface area contributed by atoms with Gasteiger partial charge in [-0.25, -0.2) is 9.97 Å². The molecule has 3 heterocycles. The highest BCUT2D eigenvalue weighted by atomic mass is 15.3. The molecule has 0 aromatic carbocycles. The molecule has 0 aliphatic heterocycles. The van der Waals surface area contributed by atoms with Crippen molar-refractivity contribution in [2.75, 3.05) is 19.0 Å². The summed E-state index contributed by atoms with van der Waals surface area (Å²) in [7, 11) is 3.94. The largest absolute Gasteiger partial charge is 0.363 e. The van der Waals surface area contributed by atoms with Crippen LogP contribution in [0.4, 0.5) is 5.82 Å². The Morgan fingerprint density at radius 1 is 1.00 bits per heavy atom.